The lowest BCUT2D eigenvalue weighted by atomic mass is 9.95. The highest BCUT2D eigenvalue weighted by atomic mass is 32.1. The number of rotatable bonds is 6. The van der Waals surface area contributed by atoms with E-state index in [1.807, 2.05) is 68.5 Å². The number of ether oxygens (including phenoxy) is 2. The fourth-order valence-electron chi connectivity index (χ4n) is 3.89. The molecule has 0 aliphatic carbocycles. The number of aromatic nitrogens is 1. The lowest BCUT2D eigenvalue weighted by Gasteiger charge is -2.26. The second-order valence-corrected chi connectivity index (χ2v) is 8.69. The molecule has 2 aromatic carbocycles. The lowest BCUT2D eigenvalue weighted by molar-refractivity contribution is -0.139. The van der Waals surface area contributed by atoms with Gasteiger partial charge < -0.3 is 9.47 Å². The predicted molar refractivity (Wildman–Crippen MR) is 129 cm³/mol. The van der Waals surface area contributed by atoms with Crippen molar-refractivity contribution in [2.24, 2.45) is 4.99 Å². The van der Waals surface area contributed by atoms with E-state index >= 15 is 0 Å². The largest absolute Gasteiger partial charge is 0.494 e. The van der Waals surface area contributed by atoms with Crippen LogP contribution in [0.3, 0.4) is 0 Å². The first-order chi connectivity index (χ1) is 15.9. The van der Waals surface area contributed by atoms with Crippen molar-refractivity contribution in [3.8, 4) is 5.75 Å². The Morgan fingerprint density at radius 3 is 2.52 bits per heavy atom. The summed E-state index contributed by atoms with van der Waals surface area (Å²) in [6.07, 6.45) is 1.86. The van der Waals surface area contributed by atoms with Gasteiger partial charge in [0.05, 0.1) is 29.0 Å². The fraction of sp³-hybridized carbons (Fsp3) is 0.269. The van der Waals surface area contributed by atoms with Gasteiger partial charge in [-0.1, -0.05) is 59.4 Å². The van der Waals surface area contributed by atoms with Gasteiger partial charge in [-0.2, -0.15) is 0 Å². The summed E-state index contributed by atoms with van der Waals surface area (Å²) in [5, 5.41) is 0. The van der Waals surface area contributed by atoms with E-state index in [0.717, 1.165) is 16.7 Å². The Hall–Kier alpha value is -3.45. The van der Waals surface area contributed by atoms with Gasteiger partial charge in [0.2, 0.25) is 0 Å². The first-order valence-corrected chi connectivity index (χ1v) is 11.7. The summed E-state index contributed by atoms with van der Waals surface area (Å²) in [6.45, 7) is 8.15. The smallest absolute Gasteiger partial charge is 0.338 e. The minimum absolute atomic E-state index is 0.204. The summed E-state index contributed by atoms with van der Waals surface area (Å²) < 4.78 is 13.3. The highest BCUT2D eigenvalue weighted by Crippen LogP contribution is 2.35. The molecule has 0 amide bonds. The zero-order chi connectivity index (χ0) is 23.5. The van der Waals surface area contributed by atoms with Crippen LogP contribution in [0.25, 0.3) is 6.08 Å². The quantitative estimate of drug-likeness (QED) is 0.526. The van der Waals surface area contributed by atoms with Crippen molar-refractivity contribution in [1.29, 1.82) is 0 Å². The molecule has 1 atom stereocenters. The third-order valence-corrected chi connectivity index (χ3v) is 6.39. The number of nitrogens with zero attached hydrogens (tertiary/aromatic N) is 2. The number of carbonyl (C=O) groups is 1. The molecular weight excluding hydrogens is 436 g/mol. The van der Waals surface area contributed by atoms with E-state index in [1.54, 1.807) is 18.4 Å². The normalized spacial score (nSPS) is 15.8. The van der Waals surface area contributed by atoms with Crippen molar-refractivity contribution in [2.45, 2.75) is 33.7 Å². The number of aryl methyl sites for hydroxylation is 1. The standard InChI is InChI=1S/C26H26N2O4S/c1-5-31-20-10-8-7-9-19(20)23-22(25(30)32-6-2)17(4)27-26-28(23)24(29)21(33-26)15-18-13-11-16(3)12-14-18/h7-15,23H,5-6H2,1-4H3/t23-/m1/s1. The van der Waals surface area contributed by atoms with Gasteiger partial charge in [0, 0.05) is 5.56 Å². The van der Waals surface area contributed by atoms with Crippen LogP contribution >= 0.6 is 11.3 Å². The van der Waals surface area contributed by atoms with E-state index in [0.29, 0.717) is 33.0 Å². The molecule has 0 saturated carbocycles. The van der Waals surface area contributed by atoms with E-state index < -0.39 is 12.0 Å². The molecule has 0 N–H and O–H groups in total. The van der Waals surface area contributed by atoms with Crippen molar-refractivity contribution in [3.63, 3.8) is 0 Å². The Kier molecular flexibility index (Phi) is 6.60. The second kappa shape index (κ2) is 9.58. The van der Waals surface area contributed by atoms with Gasteiger partial charge in [-0.25, -0.2) is 9.79 Å². The first kappa shape index (κ1) is 22.7. The van der Waals surface area contributed by atoms with Crippen molar-refractivity contribution >= 4 is 23.4 Å². The van der Waals surface area contributed by atoms with E-state index in [4.69, 9.17) is 9.47 Å². The molecule has 7 heteroatoms. The van der Waals surface area contributed by atoms with Crippen LogP contribution in [0.1, 0.15) is 43.5 Å². The second-order valence-electron chi connectivity index (χ2n) is 7.68. The Balaban J connectivity index is 1.98. The number of para-hydroxylation sites is 1. The van der Waals surface area contributed by atoms with Gasteiger partial charge in [-0.15, -0.1) is 0 Å². The maximum absolute atomic E-state index is 13.6. The zero-order valence-electron chi connectivity index (χ0n) is 19.1. The maximum atomic E-state index is 13.6. The Morgan fingerprint density at radius 2 is 1.82 bits per heavy atom. The Bertz CT molecular complexity index is 1400. The molecular formula is C26H26N2O4S. The predicted octanol–water partition coefficient (Wildman–Crippen LogP) is 3.51. The molecule has 0 bridgehead atoms. The number of fused-ring (bicyclic) bond motifs is 1. The van der Waals surface area contributed by atoms with Crippen molar-refractivity contribution in [2.75, 3.05) is 13.2 Å². The highest BCUT2D eigenvalue weighted by molar-refractivity contribution is 7.07. The van der Waals surface area contributed by atoms with Crippen LogP contribution in [0.5, 0.6) is 5.75 Å². The number of thiazole rings is 1. The van der Waals surface area contributed by atoms with E-state index in [9.17, 15) is 9.59 Å². The molecule has 0 radical (unpaired) electrons. The third kappa shape index (κ3) is 4.41. The van der Waals surface area contributed by atoms with Crippen LogP contribution in [-0.2, 0) is 9.53 Å². The number of hydrogen-bond acceptors (Lipinski definition) is 6. The number of carbonyl (C=O) groups excluding carboxylic acids is 1. The summed E-state index contributed by atoms with van der Waals surface area (Å²) in [5.74, 6) is 0.137. The van der Waals surface area contributed by atoms with Crippen LogP contribution in [0.2, 0.25) is 0 Å². The van der Waals surface area contributed by atoms with Gasteiger partial charge in [0.1, 0.15) is 11.8 Å². The van der Waals surface area contributed by atoms with Crippen LogP contribution in [0.15, 0.2) is 69.6 Å². The molecule has 6 nitrogen and oxygen atoms in total. The van der Waals surface area contributed by atoms with Crippen molar-refractivity contribution in [1.82, 2.24) is 4.57 Å². The minimum atomic E-state index is -0.691. The number of benzene rings is 2. The zero-order valence-corrected chi connectivity index (χ0v) is 19.9. The number of hydrogen-bond donors (Lipinski definition) is 0. The Morgan fingerprint density at radius 1 is 1.09 bits per heavy atom. The first-order valence-electron chi connectivity index (χ1n) is 10.9. The van der Waals surface area contributed by atoms with E-state index in [-0.39, 0.29) is 12.2 Å². The van der Waals surface area contributed by atoms with Crippen molar-refractivity contribution in [3.05, 3.63) is 96.2 Å². The van der Waals surface area contributed by atoms with Crippen LogP contribution < -0.4 is 19.6 Å². The monoisotopic (exact) mass is 462 g/mol. The summed E-state index contributed by atoms with van der Waals surface area (Å²) in [5.41, 5.74) is 3.48. The highest BCUT2D eigenvalue weighted by Gasteiger charge is 2.34. The van der Waals surface area contributed by atoms with E-state index in [1.165, 1.54) is 11.3 Å². The number of esters is 1. The molecule has 0 unspecified atom stereocenters. The summed E-state index contributed by atoms with van der Waals surface area (Å²) >= 11 is 1.31. The summed E-state index contributed by atoms with van der Waals surface area (Å²) in [6, 6.07) is 14.7. The molecule has 0 fully saturated rings. The maximum Gasteiger partial charge on any atom is 0.338 e. The lowest BCUT2D eigenvalue weighted by Crippen LogP contribution is -2.40. The average molecular weight is 463 g/mol. The van der Waals surface area contributed by atoms with Gasteiger partial charge in [-0.05, 0) is 45.4 Å². The SMILES string of the molecule is CCOC(=O)C1=C(C)N=c2sc(=Cc3ccc(C)cc3)c(=O)n2[C@@H]1c1ccccc1OCC. The summed E-state index contributed by atoms with van der Waals surface area (Å²) in [4.78, 5) is 31.8. The topological polar surface area (TPSA) is 69.9 Å². The molecule has 170 valence electrons. The van der Waals surface area contributed by atoms with Crippen molar-refractivity contribution < 1.29 is 14.3 Å². The van der Waals surface area contributed by atoms with Crippen LogP contribution in [-0.4, -0.2) is 23.8 Å². The molecule has 0 saturated heterocycles. The molecule has 3 aromatic rings. The molecule has 1 aliphatic heterocycles. The van der Waals surface area contributed by atoms with Crippen LogP contribution in [0, 0.1) is 6.92 Å². The van der Waals surface area contributed by atoms with E-state index in [2.05, 4.69) is 4.99 Å². The molecule has 1 aromatic heterocycles. The molecule has 2 heterocycles. The molecule has 1 aliphatic rings. The number of allylic oxidation sites excluding steroid dienone is 1. The molecule has 4 rings (SSSR count). The minimum Gasteiger partial charge on any atom is -0.494 e. The third-order valence-electron chi connectivity index (χ3n) is 5.41. The average Bonchev–Trinajstić information content (AvgIpc) is 3.10. The molecule has 33 heavy (non-hydrogen) atoms. The summed E-state index contributed by atoms with van der Waals surface area (Å²) in [7, 11) is 0. The van der Waals surface area contributed by atoms with Crippen LogP contribution in [0.4, 0.5) is 0 Å². The Labute approximate surface area is 196 Å². The van der Waals surface area contributed by atoms with Gasteiger partial charge in [-0.3, -0.25) is 9.36 Å². The van der Waals surface area contributed by atoms with Gasteiger partial charge in [0.25, 0.3) is 5.56 Å². The molecule has 0 spiro atoms. The fourth-order valence-corrected chi connectivity index (χ4v) is 4.94. The van der Waals surface area contributed by atoms with Gasteiger partial charge >= 0.3 is 5.97 Å². The van der Waals surface area contributed by atoms with Gasteiger partial charge in [0.15, 0.2) is 4.80 Å².